The van der Waals surface area contributed by atoms with E-state index in [-0.39, 0.29) is 12.2 Å². The van der Waals surface area contributed by atoms with Crippen LogP contribution in [0.1, 0.15) is 31.2 Å². The number of carbonyl (C=O) groups is 1. The number of carbonyl (C=O) groups excluding carboxylic acids is 1. The van der Waals surface area contributed by atoms with Crippen LogP contribution in [0.2, 0.25) is 0 Å². The molecule has 0 saturated carbocycles. The maximum atomic E-state index is 11.9. The molecule has 1 aliphatic heterocycles. The van der Waals surface area contributed by atoms with Crippen molar-refractivity contribution in [3.63, 3.8) is 0 Å². The lowest BCUT2D eigenvalue weighted by Gasteiger charge is -2.22. The molecule has 21 heavy (non-hydrogen) atoms. The van der Waals surface area contributed by atoms with Crippen LogP contribution in [0.5, 0.6) is 0 Å². The van der Waals surface area contributed by atoms with E-state index < -0.39 is 0 Å². The summed E-state index contributed by atoms with van der Waals surface area (Å²) in [6.45, 7) is 5.58. The van der Waals surface area contributed by atoms with Gasteiger partial charge in [-0.2, -0.15) is 0 Å². The van der Waals surface area contributed by atoms with Crippen LogP contribution in [0.15, 0.2) is 42.5 Å². The normalized spacial score (nSPS) is 18.2. The van der Waals surface area contributed by atoms with Gasteiger partial charge in [0.2, 0.25) is 5.91 Å². The third kappa shape index (κ3) is 5.69. The van der Waals surface area contributed by atoms with Gasteiger partial charge < -0.3 is 14.8 Å². The number of hydrogen-bond acceptors (Lipinski definition) is 3. The van der Waals surface area contributed by atoms with E-state index in [4.69, 9.17) is 9.47 Å². The molecule has 0 bridgehead atoms. The van der Waals surface area contributed by atoms with Crippen molar-refractivity contribution >= 4 is 5.91 Å². The molecule has 1 unspecified atom stereocenters. The Morgan fingerprint density at radius 2 is 2.14 bits per heavy atom. The van der Waals surface area contributed by atoms with Crippen molar-refractivity contribution in [2.45, 2.75) is 38.5 Å². The highest BCUT2D eigenvalue weighted by Gasteiger charge is 2.14. The van der Waals surface area contributed by atoms with Gasteiger partial charge in [-0.3, -0.25) is 4.79 Å². The molecule has 1 N–H and O–H groups in total. The van der Waals surface area contributed by atoms with Gasteiger partial charge in [0.25, 0.3) is 0 Å². The van der Waals surface area contributed by atoms with E-state index in [2.05, 4.69) is 11.9 Å². The summed E-state index contributed by atoms with van der Waals surface area (Å²) < 4.78 is 11.1. The van der Waals surface area contributed by atoms with Crippen molar-refractivity contribution in [3.8, 4) is 0 Å². The third-order valence-electron chi connectivity index (χ3n) is 3.46. The first-order valence-electron chi connectivity index (χ1n) is 7.49. The van der Waals surface area contributed by atoms with E-state index >= 15 is 0 Å². The van der Waals surface area contributed by atoms with Crippen LogP contribution in [0.4, 0.5) is 0 Å². The first-order valence-corrected chi connectivity index (χ1v) is 7.49. The molecule has 1 amide bonds. The van der Waals surface area contributed by atoms with Gasteiger partial charge in [0.1, 0.15) is 0 Å². The van der Waals surface area contributed by atoms with Crippen molar-refractivity contribution in [3.05, 3.63) is 48.0 Å². The second-order valence-corrected chi connectivity index (χ2v) is 5.19. The highest BCUT2D eigenvalue weighted by molar-refractivity contribution is 5.92. The summed E-state index contributed by atoms with van der Waals surface area (Å²) in [5.41, 5.74) is 1.62. The molecule has 1 saturated heterocycles. The zero-order valence-electron chi connectivity index (χ0n) is 12.3. The van der Waals surface area contributed by atoms with Crippen LogP contribution >= 0.6 is 0 Å². The summed E-state index contributed by atoms with van der Waals surface area (Å²) in [4.78, 5) is 11.9. The molecule has 4 heteroatoms. The van der Waals surface area contributed by atoms with Crippen molar-refractivity contribution in [2.24, 2.45) is 0 Å². The Balaban J connectivity index is 1.62. The fourth-order valence-electron chi connectivity index (χ4n) is 2.17. The van der Waals surface area contributed by atoms with Crippen LogP contribution in [0.3, 0.4) is 0 Å². The van der Waals surface area contributed by atoms with Gasteiger partial charge in [-0.15, -0.1) is 0 Å². The molecule has 1 atom stereocenters. The molecule has 0 spiro atoms. The van der Waals surface area contributed by atoms with Crippen molar-refractivity contribution < 1.29 is 14.3 Å². The lowest BCUT2D eigenvalue weighted by molar-refractivity contribution is -0.161. The smallest absolute Gasteiger partial charge is 0.246 e. The van der Waals surface area contributed by atoms with Gasteiger partial charge >= 0.3 is 0 Å². The second kappa shape index (κ2) is 8.60. The molecule has 0 aromatic heterocycles. The molecule has 1 heterocycles. The number of benzene rings is 1. The van der Waals surface area contributed by atoms with E-state index in [1.165, 1.54) is 0 Å². The van der Waals surface area contributed by atoms with E-state index in [9.17, 15) is 4.79 Å². The summed E-state index contributed by atoms with van der Waals surface area (Å²) in [6, 6.07) is 9.82. The monoisotopic (exact) mass is 289 g/mol. The molecule has 114 valence electrons. The van der Waals surface area contributed by atoms with Crippen molar-refractivity contribution in [1.29, 1.82) is 0 Å². The maximum absolute atomic E-state index is 11.9. The lowest BCUT2D eigenvalue weighted by atomic mass is 10.2. The van der Waals surface area contributed by atoms with Gasteiger partial charge in [0.05, 0.1) is 6.61 Å². The van der Waals surface area contributed by atoms with Gasteiger partial charge in [-0.05, 0) is 24.8 Å². The minimum absolute atomic E-state index is 0.112. The molecule has 0 radical (unpaired) electrons. The van der Waals surface area contributed by atoms with Gasteiger partial charge in [-0.25, -0.2) is 0 Å². The Hall–Kier alpha value is -1.65. The topological polar surface area (TPSA) is 47.6 Å². The fraction of sp³-hybridized carbons (Fsp3) is 0.471. The van der Waals surface area contributed by atoms with Crippen LogP contribution in [-0.2, 0) is 20.8 Å². The summed E-state index contributed by atoms with van der Waals surface area (Å²) in [5, 5.41) is 2.86. The Labute approximate surface area is 126 Å². The maximum Gasteiger partial charge on any atom is 0.246 e. The molecule has 1 fully saturated rings. The van der Waals surface area contributed by atoms with Gasteiger partial charge in [0, 0.05) is 25.1 Å². The molecule has 1 aromatic rings. The van der Waals surface area contributed by atoms with Crippen LogP contribution in [0, 0.1) is 0 Å². The van der Waals surface area contributed by atoms with Crippen LogP contribution in [0.25, 0.3) is 0 Å². The Kier molecular flexibility index (Phi) is 6.44. The van der Waals surface area contributed by atoms with E-state index in [1.807, 2.05) is 30.3 Å². The van der Waals surface area contributed by atoms with E-state index in [0.29, 0.717) is 25.1 Å². The number of ether oxygens (including phenoxy) is 2. The molecule has 1 aliphatic rings. The van der Waals surface area contributed by atoms with Gasteiger partial charge in [-0.1, -0.05) is 36.9 Å². The van der Waals surface area contributed by atoms with E-state index in [0.717, 1.165) is 31.4 Å². The summed E-state index contributed by atoms with van der Waals surface area (Å²) in [7, 11) is 0. The average Bonchev–Trinajstić information content (AvgIpc) is 2.54. The largest absolute Gasteiger partial charge is 0.353 e. The molecule has 0 aliphatic carbocycles. The zero-order chi connectivity index (χ0) is 14.9. The van der Waals surface area contributed by atoms with E-state index in [1.54, 1.807) is 0 Å². The predicted octanol–water partition coefficient (Wildman–Crippen LogP) is 2.79. The standard InChI is InChI=1S/C17H23NO3/c1-14(10-12-21-16-9-5-6-11-20-16)17(19)18-13-15-7-3-2-4-8-15/h2-4,7-8,16H,1,5-6,9-13H2,(H,18,19). The lowest BCUT2D eigenvalue weighted by Crippen LogP contribution is -2.26. The van der Waals surface area contributed by atoms with Gasteiger partial charge in [0.15, 0.2) is 6.29 Å². The SMILES string of the molecule is C=C(CCOC1CCCCO1)C(=O)NCc1ccccc1. The number of amides is 1. The Morgan fingerprint density at radius 3 is 2.86 bits per heavy atom. The summed E-state index contributed by atoms with van der Waals surface area (Å²) >= 11 is 0. The van der Waals surface area contributed by atoms with Crippen LogP contribution < -0.4 is 5.32 Å². The summed E-state index contributed by atoms with van der Waals surface area (Å²) in [5.74, 6) is -0.119. The highest BCUT2D eigenvalue weighted by atomic mass is 16.7. The number of rotatable bonds is 7. The summed E-state index contributed by atoms with van der Waals surface area (Å²) in [6.07, 6.45) is 3.60. The Bertz CT molecular complexity index is 452. The number of nitrogens with one attached hydrogen (secondary N) is 1. The fourth-order valence-corrected chi connectivity index (χ4v) is 2.17. The first-order chi connectivity index (χ1) is 10.3. The molecular weight excluding hydrogens is 266 g/mol. The second-order valence-electron chi connectivity index (χ2n) is 5.19. The number of hydrogen-bond donors (Lipinski definition) is 1. The highest BCUT2D eigenvalue weighted by Crippen LogP contribution is 2.14. The third-order valence-corrected chi connectivity index (χ3v) is 3.46. The molecule has 4 nitrogen and oxygen atoms in total. The minimum atomic E-state index is -0.119. The Morgan fingerprint density at radius 1 is 1.33 bits per heavy atom. The molecule has 1 aromatic carbocycles. The molecule has 2 rings (SSSR count). The van der Waals surface area contributed by atoms with Crippen molar-refractivity contribution in [2.75, 3.05) is 13.2 Å². The molecular formula is C17H23NO3. The average molecular weight is 289 g/mol. The van der Waals surface area contributed by atoms with Crippen LogP contribution in [-0.4, -0.2) is 25.4 Å². The quantitative estimate of drug-likeness (QED) is 0.785. The van der Waals surface area contributed by atoms with Crippen molar-refractivity contribution in [1.82, 2.24) is 5.32 Å². The first kappa shape index (κ1) is 15.7. The minimum Gasteiger partial charge on any atom is -0.353 e. The predicted molar refractivity (Wildman–Crippen MR) is 81.6 cm³/mol. The zero-order valence-corrected chi connectivity index (χ0v) is 12.3.